The van der Waals surface area contributed by atoms with Gasteiger partial charge in [-0.1, -0.05) is 13.8 Å². The lowest BCUT2D eigenvalue weighted by Crippen LogP contribution is -2.44. The zero-order valence-corrected chi connectivity index (χ0v) is 13.2. The number of nitrogens with zero attached hydrogens (tertiary/aromatic N) is 2. The molecule has 2 N–H and O–H groups in total. The van der Waals surface area contributed by atoms with Crippen molar-refractivity contribution in [2.75, 3.05) is 14.2 Å². The first kappa shape index (κ1) is 16.4. The standard InChI is InChI=1S/C15H25N3O2/c1-9(2)13(16)15(19)18(5)8-12-11(4)14(20-6)10(3)7-17-12/h7,9,13H,8,16H2,1-6H3/t13-/m0/s1. The van der Waals surface area contributed by atoms with Crippen LogP contribution in [-0.4, -0.2) is 36.0 Å². The summed E-state index contributed by atoms with van der Waals surface area (Å²) in [5, 5.41) is 0. The van der Waals surface area contributed by atoms with E-state index in [1.807, 2.05) is 27.7 Å². The highest BCUT2D eigenvalue weighted by Crippen LogP contribution is 2.24. The number of hydrogen-bond acceptors (Lipinski definition) is 4. The molecule has 0 saturated heterocycles. The molecule has 1 aromatic heterocycles. The van der Waals surface area contributed by atoms with Crippen LogP contribution >= 0.6 is 0 Å². The minimum absolute atomic E-state index is 0.0688. The largest absolute Gasteiger partial charge is 0.496 e. The number of aromatic nitrogens is 1. The summed E-state index contributed by atoms with van der Waals surface area (Å²) < 4.78 is 5.38. The maximum absolute atomic E-state index is 12.2. The van der Waals surface area contributed by atoms with E-state index in [2.05, 4.69) is 4.98 Å². The first-order valence-electron chi connectivity index (χ1n) is 6.79. The van der Waals surface area contributed by atoms with E-state index >= 15 is 0 Å². The average molecular weight is 279 g/mol. The third-order valence-electron chi connectivity index (χ3n) is 3.52. The maximum Gasteiger partial charge on any atom is 0.239 e. The normalized spacial score (nSPS) is 12.4. The van der Waals surface area contributed by atoms with Gasteiger partial charge in [0.05, 0.1) is 25.4 Å². The Morgan fingerprint density at radius 1 is 1.45 bits per heavy atom. The molecule has 0 aliphatic rings. The smallest absolute Gasteiger partial charge is 0.239 e. The summed E-state index contributed by atoms with van der Waals surface area (Å²) in [6.45, 7) is 8.21. The highest BCUT2D eigenvalue weighted by Gasteiger charge is 2.22. The van der Waals surface area contributed by atoms with Crippen LogP contribution < -0.4 is 10.5 Å². The Labute approximate surface area is 121 Å². The summed E-state index contributed by atoms with van der Waals surface area (Å²) in [6.07, 6.45) is 1.77. The lowest BCUT2D eigenvalue weighted by molar-refractivity contribution is -0.132. The van der Waals surface area contributed by atoms with Gasteiger partial charge in [-0.3, -0.25) is 9.78 Å². The van der Waals surface area contributed by atoms with Crippen LogP contribution in [0.1, 0.15) is 30.7 Å². The van der Waals surface area contributed by atoms with Crippen LogP contribution in [0.2, 0.25) is 0 Å². The highest BCUT2D eigenvalue weighted by atomic mass is 16.5. The minimum atomic E-state index is -0.479. The van der Waals surface area contributed by atoms with Crippen LogP contribution in [0.3, 0.4) is 0 Å². The molecule has 0 spiro atoms. The van der Waals surface area contributed by atoms with Gasteiger partial charge in [-0.15, -0.1) is 0 Å². The van der Waals surface area contributed by atoms with Crippen molar-refractivity contribution in [3.05, 3.63) is 23.0 Å². The van der Waals surface area contributed by atoms with Gasteiger partial charge in [-0.05, 0) is 19.8 Å². The number of methoxy groups -OCH3 is 1. The molecule has 0 aromatic carbocycles. The molecule has 1 heterocycles. The molecule has 1 rings (SSSR count). The fourth-order valence-corrected chi connectivity index (χ4v) is 2.07. The number of aryl methyl sites for hydroxylation is 1. The first-order valence-corrected chi connectivity index (χ1v) is 6.79. The molecule has 0 saturated carbocycles. The van der Waals surface area contributed by atoms with Crippen molar-refractivity contribution in [1.82, 2.24) is 9.88 Å². The zero-order chi connectivity index (χ0) is 15.4. The van der Waals surface area contributed by atoms with E-state index < -0.39 is 6.04 Å². The van der Waals surface area contributed by atoms with Crippen LogP contribution in [0.15, 0.2) is 6.20 Å². The molecule has 0 radical (unpaired) electrons. The van der Waals surface area contributed by atoms with Gasteiger partial charge in [-0.2, -0.15) is 0 Å². The number of carbonyl (C=O) groups excluding carboxylic acids is 1. The summed E-state index contributed by atoms with van der Waals surface area (Å²) in [7, 11) is 3.39. The molecule has 0 bridgehead atoms. The number of rotatable bonds is 5. The molecule has 1 aromatic rings. The Hall–Kier alpha value is -1.62. The second-order valence-electron chi connectivity index (χ2n) is 5.51. The van der Waals surface area contributed by atoms with Crippen molar-refractivity contribution >= 4 is 5.91 Å². The Bertz CT molecular complexity index is 486. The van der Waals surface area contributed by atoms with E-state index in [0.717, 1.165) is 22.6 Å². The van der Waals surface area contributed by atoms with Gasteiger partial charge in [0, 0.05) is 24.4 Å². The zero-order valence-electron chi connectivity index (χ0n) is 13.2. The van der Waals surface area contributed by atoms with Crippen molar-refractivity contribution in [3.63, 3.8) is 0 Å². The predicted molar refractivity (Wildman–Crippen MR) is 79.6 cm³/mol. The van der Waals surface area contributed by atoms with Gasteiger partial charge in [0.15, 0.2) is 0 Å². The molecule has 1 atom stereocenters. The molecule has 0 fully saturated rings. The number of amides is 1. The molecule has 20 heavy (non-hydrogen) atoms. The lowest BCUT2D eigenvalue weighted by Gasteiger charge is -2.24. The van der Waals surface area contributed by atoms with Crippen LogP contribution in [0.25, 0.3) is 0 Å². The van der Waals surface area contributed by atoms with Gasteiger partial charge in [0.1, 0.15) is 5.75 Å². The van der Waals surface area contributed by atoms with Gasteiger partial charge in [0.25, 0.3) is 0 Å². The summed E-state index contributed by atoms with van der Waals surface area (Å²) >= 11 is 0. The maximum atomic E-state index is 12.2. The fourth-order valence-electron chi connectivity index (χ4n) is 2.07. The molecular formula is C15H25N3O2. The van der Waals surface area contributed by atoms with E-state index in [0.29, 0.717) is 6.54 Å². The van der Waals surface area contributed by atoms with E-state index in [1.54, 1.807) is 25.3 Å². The average Bonchev–Trinajstić information content (AvgIpc) is 2.40. The number of pyridine rings is 1. The second kappa shape index (κ2) is 6.70. The molecule has 0 aliphatic heterocycles. The molecule has 0 aliphatic carbocycles. The fraction of sp³-hybridized carbons (Fsp3) is 0.600. The van der Waals surface area contributed by atoms with Crippen molar-refractivity contribution < 1.29 is 9.53 Å². The molecular weight excluding hydrogens is 254 g/mol. The third kappa shape index (κ3) is 3.48. The first-order chi connectivity index (χ1) is 9.29. The molecule has 5 nitrogen and oxygen atoms in total. The lowest BCUT2D eigenvalue weighted by atomic mass is 10.0. The van der Waals surface area contributed by atoms with Crippen molar-refractivity contribution in [1.29, 1.82) is 0 Å². The second-order valence-corrected chi connectivity index (χ2v) is 5.51. The summed E-state index contributed by atoms with van der Waals surface area (Å²) in [5.41, 5.74) is 8.68. The summed E-state index contributed by atoms with van der Waals surface area (Å²) in [5.74, 6) is 0.872. The molecule has 1 amide bonds. The Kier molecular flexibility index (Phi) is 5.51. The van der Waals surface area contributed by atoms with E-state index in [9.17, 15) is 4.79 Å². The Morgan fingerprint density at radius 3 is 2.55 bits per heavy atom. The summed E-state index contributed by atoms with van der Waals surface area (Å²) in [6, 6.07) is -0.479. The Morgan fingerprint density at radius 2 is 2.05 bits per heavy atom. The molecule has 112 valence electrons. The van der Waals surface area contributed by atoms with Crippen molar-refractivity contribution in [2.45, 2.75) is 40.3 Å². The van der Waals surface area contributed by atoms with Crippen LogP contribution in [0.4, 0.5) is 0 Å². The third-order valence-corrected chi connectivity index (χ3v) is 3.52. The monoisotopic (exact) mass is 279 g/mol. The van der Waals surface area contributed by atoms with E-state index in [-0.39, 0.29) is 11.8 Å². The van der Waals surface area contributed by atoms with Gasteiger partial charge >= 0.3 is 0 Å². The van der Waals surface area contributed by atoms with Gasteiger partial charge in [0.2, 0.25) is 5.91 Å². The quantitative estimate of drug-likeness (QED) is 0.890. The van der Waals surface area contributed by atoms with Crippen LogP contribution in [-0.2, 0) is 11.3 Å². The SMILES string of the molecule is COc1c(C)cnc(CN(C)C(=O)[C@@H](N)C(C)C)c1C. The minimum Gasteiger partial charge on any atom is -0.496 e. The van der Waals surface area contributed by atoms with E-state index in [4.69, 9.17) is 10.5 Å². The molecule has 0 unspecified atom stereocenters. The Balaban J connectivity index is 2.91. The predicted octanol–water partition coefficient (Wildman–Crippen LogP) is 1.65. The van der Waals surface area contributed by atoms with Gasteiger partial charge < -0.3 is 15.4 Å². The highest BCUT2D eigenvalue weighted by molar-refractivity contribution is 5.81. The van der Waals surface area contributed by atoms with Crippen molar-refractivity contribution in [2.24, 2.45) is 11.7 Å². The number of carbonyl (C=O) groups is 1. The topological polar surface area (TPSA) is 68.5 Å². The molecule has 5 heteroatoms. The number of ether oxygens (including phenoxy) is 1. The number of likely N-dealkylation sites (N-methyl/N-ethyl adjacent to an activating group) is 1. The van der Waals surface area contributed by atoms with Crippen LogP contribution in [0.5, 0.6) is 5.75 Å². The van der Waals surface area contributed by atoms with Gasteiger partial charge in [-0.25, -0.2) is 0 Å². The van der Waals surface area contributed by atoms with Crippen molar-refractivity contribution in [3.8, 4) is 5.75 Å². The summed E-state index contributed by atoms with van der Waals surface area (Å²) in [4.78, 5) is 18.2. The van der Waals surface area contributed by atoms with E-state index in [1.165, 1.54) is 0 Å². The number of nitrogens with two attached hydrogens (primary N) is 1. The van der Waals surface area contributed by atoms with Crippen LogP contribution in [0, 0.1) is 19.8 Å². The number of hydrogen-bond donors (Lipinski definition) is 1.